The van der Waals surface area contributed by atoms with Gasteiger partial charge in [0.25, 0.3) is 0 Å². The summed E-state index contributed by atoms with van der Waals surface area (Å²) in [5.41, 5.74) is 4.22. The summed E-state index contributed by atoms with van der Waals surface area (Å²) in [7, 11) is 0. The highest BCUT2D eigenvalue weighted by atomic mass is 35.5. The molecule has 7 nitrogen and oxygen atoms in total. The van der Waals surface area contributed by atoms with E-state index in [2.05, 4.69) is 29.6 Å². The summed E-state index contributed by atoms with van der Waals surface area (Å²) in [6.07, 6.45) is 7.37. The predicted molar refractivity (Wildman–Crippen MR) is 114 cm³/mol. The molecule has 2 aromatic carbocycles. The van der Waals surface area contributed by atoms with Gasteiger partial charge in [0.05, 0.1) is 18.8 Å². The Bertz CT molecular complexity index is 1030. The van der Waals surface area contributed by atoms with Crippen LogP contribution in [0.25, 0.3) is 11.3 Å². The zero-order chi connectivity index (χ0) is 21.9. The molecule has 30 heavy (non-hydrogen) atoms. The first-order valence-electron chi connectivity index (χ1n) is 8.88. The minimum absolute atomic E-state index is 0.532. The van der Waals surface area contributed by atoms with E-state index in [1.54, 1.807) is 0 Å². The Morgan fingerprint density at radius 2 is 1.67 bits per heavy atom. The number of carbonyl (C=O) groups is 2. The predicted octanol–water partition coefficient (Wildman–Crippen LogP) is 3.13. The van der Waals surface area contributed by atoms with E-state index >= 15 is 0 Å². The number of aromatic nitrogens is 2. The van der Waals surface area contributed by atoms with E-state index in [1.165, 1.54) is 0 Å². The second kappa shape index (κ2) is 11.4. The monoisotopic (exact) mass is 425 g/mol. The van der Waals surface area contributed by atoms with Gasteiger partial charge in [-0.1, -0.05) is 66.1 Å². The van der Waals surface area contributed by atoms with Gasteiger partial charge in [-0.15, -0.1) is 6.42 Å². The van der Waals surface area contributed by atoms with Gasteiger partial charge in [0.2, 0.25) is 0 Å². The molecule has 3 rings (SSSR count). The maximum atomic E-state index is 9.10. The fraction of sp³-hybridized carbons (Fsp3) is 0.136. The zero-order valence-corrected chi connectivity index (χ0v) is 16.7. The van der Waals surface area contributed by atoms with E-state index in [0.29, 0.717) is 19.6 Å². The third kappa shape index (κ3) is 6.78. The summed E-state index contributed by atoms with van der Waals surface area (Å²) in [4.78, 5) is 18.2. The van der Waals surface area contributed by atoms with Crippen LogP contribution in [0.4, 0.5) is 0 Å². The molecule has 0 spiro atoms. The van der Waals surface area contributed by atoms with Crippen molar-refractivity contribution in [1.29, 1.82) is 0 Å². The van der Waals surface area contributed by atoms with Crippen molar-refractivity contribution in [2.75, 3.05) is 6.54 Å². The Labute approximate surface area is 178 Å². The molecule has 0 aliphatic rings. The van der Waals surface area contributed by atoms with Crippen LogP contribution in [0.5, 0.6) is 0 Å². The quantitative estimate of drug-likeness (QED) is 0.318. The van der Waals surface area contributed by atoms with Gasteiger partial charge in [-0.2, -0.15) is 5.10 Å². The minimum Gasteiger partial charge on any atom is -0.473 e. The topological polar surface area (TPSA) is 104 Å². The Kier molecular flexibility index (Phi) is 8.63. The van der Waals surface area contributed by atoms with Crippen LogP contribution in [0.15, 0.2) is 60.8 Å². The molecule has 0 unspecified atom stereocenters. The van der Waals surface area contributed by atoms with Crippen LogP contribution >= 0.6 is 11.6 Å². The van der Waals surface area contributed by atoms with Crippen LogP contribution in [-0.2, 0) is 22.7 Å². The molecule has 0 saturated carbocycles. The van der Waals surface area contributed by atoms with Gasteiger partial charge in [0, 0.05) is 28.9 Å². The minimum atomic E-state index is -1.82. The number of hydrogen-bond acceptors (Lipinski definition) is 4. The van der Waals surface area contributed by atoms with Crippen LogP contribution in [0, 0.1) is 12.3 Å². The molecule has 3 aromatic rings. The Hall–Kier alpha value is -3.60. The number of halogens is 1. The maximum absolute atomic E-state index is 9.10. The SMILES string of the molecule is C#CCNCc1cn(Cc2ccccc2Cl)nc1-c1ccccc1.O=C(O)C(=O)O. The van der Waals surface area contributed by atoms with Crippen molar-refractivity contribution in [2.24, 2.45) is 0 Å². The molecular weight excluding hydrogens is 406 g/mol. The van der Waals surface area contributed by atoms with Crippen LogP contribution in [0.1, 0.15) is 11.1 Å². The lowest BCUT2D eigenvalue weighted by Gasteiger charge is -2.04. The first-order chi connectivity index (χ1) is 14.4. The summed E-state index contributed by atoms with van der Waals surface area (Å²) >= 11 is 6.26. The second-order valence-electron chi connectivity index (χ2n) is 6.08. The average Bonchev–Trinajstić information content (AvgIpc) is 3.13. The Balaban J connectivity index is 0.000000469. The van der Waals surface area contributed by atoms with E-state index in [0.717, 1.165) is 27.4 Å². The van der Waals surface area contributed by atoms with Gasteiger partial charge >= 0.3 is 11.9 Å². The van der Waals surface area contributed by atoms with Crippen LogP contribution in [0.3, 0.4) is 0 Å². The first-order valence-corrected chi connectivity index (χ1v) is 9.25. The van der Waals surface area contributed by atoms with Crippen molar-refractivity contribution < 1.29 is 19.8 Å². The number of carboxylic acid groups (broad SMARTS) is 2. The van der Waals surface area contributed by atoms with E-state index < -0.39 is 11.9 Å². The standard InChI is InChI=1S/C20H18ClN3.C2H2O4/c1-2-12-22-13-18-15-24(14-17-10-6-7-11-19(17)21)23-20(18)16-8-4-3-5-9-16;3-1(4)2(5)6/h1,3-11,15,22H,12-14H2;(H,3,4)(H,5,6). The van der Waals surface area contributed by atoms with E-state index in [4.69, 9.17) is 42.9 Å². The summed E-state index contributed by atoms with van der Waals surface area (Å²) in [5, 5.41) is 23.5. The van der Waals surface area contributed by atoms with E-state index in [1.807, 2.05) is 47.1 Å². The molecule has 0 aliphatic heterocycles. The largest absolute Gasteiger partial charge is 0.473 e. The molecule has 0 aliphatic carbocycles. The first kappa shape index (κ1) is 22.7. The third-order valence-electron chi connectivity index (χ3n) is 3.90. The Morgan fingerprint density at radius 1 is 1.03 bits per heavy atom. The highest BCUT2D eigenvalue weighted by Gasteiger charge is 2.12. The van der Waals surface area contributed by atoms with Crippen LogP contribution in [0.2, 0.25) is 5.02 Å². The molecule has 3 N–H and O–H groups in total. The van der Waals surface area contributed by atoms with Crippen molar-refractivity contribution >= 4 is 23.5 Å². The number of benzene rings is 2. The van der Waals surface area contributed by atoms with Gasteiger partial charge in [0.1, 0.15) is 0 Å². The molecule has 1 aromatic heterocycles. The lowest BCUT2D eigenvalue weighted by atomic mass is 10.1. The van der Waals surface area contributed by atoms with Crippen molar-refractivity contribution in [2.45, 2.75) is 13.1 Å². The molecule has 0 bridgehead atoms. The van der Waals surface area contributed by atoms with Crippen molar-refractivity contribution in [3.63, 3.8) is 0 Å². The number of rotatable bonds is 6. The number of terminal acetylenes is 1. The second-order valence-corrected chi connectivity index (χ2v) is 6.48. The van der Waals surface area contributed by atoms with Gasteiger partial charge in [-0.3, -0.25) is 4.68 Å². The third-order valence-corrected chi connectivity index (χ3v) is 4.27. The zero-order valence-electron chi connectivity index (χ0n) is 16.0. The van der Waals surface area contributed by atoms with Gasteiger partial charge in [-0.25, -0.2) is 9.59 Å². The van der Waals surface area contributed by atoms with Gasteiger partial charge in [-0.05, 0) is 11.6 Å². The van der Waals surface area contributed by atoms with Crippen molar-refractivity contribution in [3.8, 4) is 23.6 Å². The fourth-order valence-corrected chi connectivity index (χ4v) is 2.78. The molecule has 0 saturated heterocycles. The number of aliphatic carboxylic acids is 2. The highest BCUT2D eigenvalue weighted by Crippen LogP contribution is 2.23. The molecule has 0 amide bonds. The van der Waals surface area contributed by atoms with Crippen LogP contribution < -0.4 is 5.32 Å². The molecule has 8 heteroatoms. The van der Waals surface area contributed by atoms with Crippen molar-refractivity contribution in [3.05, 3.63) is 76.9 Å². The molecule has 0 atom stereocenters. The van der Waals surface area contributed by atoms with E-state index in [-0.39, 0.29) is 0 Å². The fourth-order valence-electron chi connectivity index (χ4n) is 2.58. The lowest BCUT2D eigenvalue weighted by Crippen LogP contribution is -2.13. The summed E-state index contributed by atoms with van der Waals surface area (Å²) in [6.45, 7) is 1.84. The normalized spacial score (nSPS) is 9.87. The van der Waals surface area contributed by atoms with E-state index in [9.17, 15) is 0 Å². The highest BCUT2D eigenvalue weighted by molar-refractivity contribution is 6.31. The smallest absolute Gasteiger partial charge is 0.414 e. The van der Waals surface area contributed by atoms with Gasteiger partial charge in [0.15, 0.2) is 0 Å². The summed E-state index contributed by atoms with van der Waals surface area (Å²) < 4.78 is 1.93. The maximum Gasteiger partial charge on any atom is 0.414 e. The Morgan fingerprint density at radius 3 is 2.27 bits per heavy atom. The molecular formula is C22H20ClN3O4. The number of nitrogens with one attached hydrogen (secondary N) is 1. The lowest BCUT2D eigenvalue weighted by molar-refractivity contribution is -0.159. The number of hydrogen-bond donors (Lipinski definition) is 3. The van der Waals surface area contributed by atoms with Crippen molar-refractivity contribution in [1.82, 2.24) is 15.1 Å². The summed E-state index contributed by atoms with van der Waals surface area (Å²) in [5.74, 6) is -1.05. The molecule has 1 heterocycles. The molecule has 0 radical (unpaired) electrons. The van der Waals surface area contributed by atoms with Crippen LogP contribution in [-0.4, -0.2) is 38.5 Å². The number of carboxylic acids is 2. The average molecular weight is 426 g/mol. The molecule has 0 fully saturated rings. The summed E-state index contributed by atoms with van der Waals surface area (Å²) in [6, 6.07) is 18.0. The number of nitrogens with zero attached hydrogens (tertiary/aromatic N) is 2. The van der Waals surface area contributed by atoms with Gasteiger partial charge < -0.3 is 15.5 Å². The molecule has 154 valence electrons.